The summed E-state index contributed by atoms with van der Waals surface area (Å²) in [5, 5.41) is 8.39. The number of amidine groups is 1. The molecule has 2 heterocycles. The minimum atomic E-state index is 0.00802. The number of hydrogen-bond acceptors (Lipinski definition) is 5. The highest BCUT2D eigenvalue weighted by Crippen LogP contribution is 2.31. The fraction of sp³-hybridized carbons (Fsp3) is 0.200. The van der Waals surface area contributed by atoms with Crippen LogP contribution in [0.25, 0.3) is 0 Å². The van der Waals surface area contributed by atoms with Gasteiger partial charge in [-0.2, -0.15) is 0 Å². The number of amides is 1. The molecule has 0 radical (unpaired) electrons. The van der Waals surface area contributed by atoms with E-state index in [1.54, 1.807) is 11.3 Å². The SMILES string of the molecule is NC(=Nc1cccc(CNCCC(=O)Nc2ccc3c(c2)CCN3Cc2ccccc2)c1)c1cccs1. The average molecular weight is 510 g/mol. The van der Waals surface area contributed by atoms with Gasteiger partial charge in [0.25, 0.3) is 0 Å². The average Bonchev–Trinajstić information content (AvgIpc) is 3.58. The largest absolute Gasteiger partial charge is 0.383 e. The predicted octanol–water partition coefficient (Wildman–Crippen LogP) is 5.47. The number of aliphatic imine (C=N–C) groups is 1. The van der Waals surface area contributed by atoms with Crippen molar-refractivity contribution in [2.75, 3.05) is 23.3 Å². The first-order valence-corrected chi connectivity index (χ1v) is 13.4. The van der Waals surface area contributed by atoms with Crippen LogP contribution >= 0.6 is 11.3 Å². The number of hydrogen-bond donors (Lipinski definition) is 3. The van der Waals surface area contributed by atoms with Gasteiger partial charge >= 0.3 is 0 Å². The van der Waals surface area contributed by atoms with Crippen molar-refractivity contribution in [1.82, 2.24) is 5.32 Å². The number of thiophene rings is 1. The molecule has 0 saturated carbocycles. The molecule has 4 aromatic rings. The lowest BCUT2D eigenvalue weighted by Crippen LogP contribution is -2.21. The van der Waals surface area contributed by atoms with E-state index < -0.39 is 0 Å². The Morgan fingerprint density at radius 3 is 2.68 bits per heavy atom. The van der Waals surface area contributed by atoms with E-state index in [4.69, 9.17) is 5.73 Å². The summed E-state index contributed by atoms with van der Waals surface area (Å²) in [6, 6.07) is 28.6. The first kappa shape index (κ1) is 24.7. The Kier molecular flexibility index (Phi) is 7.93. The molecule has 0 atom stereocenters. The van der Waals surface area contributed by atoms with Gasteiger partial charge in [0.2, 0.25) is 5.91 Å². The lowest BCUT2D eigenvalue weighted by molar-refractivity contribution is -0.116. The number of carbonyl (C=O) groups is 1. The van der Waals surface area contributed by atoms with Crippen molar-refractivity contribution in [3.8, 4) is 0 Å². The molecular formula is C30H31N5OS. The Balaban J connectivity index is 1.08. The van der Waals surface area contributed by atoms with Gasteiger partial charge in [-0.05, 0) is 64.9 Å². The van der Waals surface area contributed by atoms with Crippen molar-refractivity contribution < 1.29 is 4.79 Å². The second-order valence-electron chi connectivity index (χ2n) is 9.12. The molecule has 188 valence electrons. The Morgan fingerprint density at radius 1 is 0.973 bits per heavy atom. The van der Waals surface area contributed by atoms with Crippen molar-refractivity contribution in [3.05, 3.63) is 112 Å². The third kappa shape index (κ3) is 6.64. The van der Waals surface area contributed by atoms with Gasteiger partial charge in [0, 0.05) is 44.0 Å². The van der Waals surface area contributed by atoms with E-state index in [0.29, 0.717) is 25.3 Å². The highest BCUT2D eigenvalue weighted by molar-refractivity contribution is 7.12. The standard InChI is InChI=1S/C30H31N5OS/c31-30(28-10-5-17-37-28)34-25-9-4-8-23(18-25)20-32-15-13-29(36)33-26-11-12-27-24(19-26)14-16-35(27)21-22-6-2-1-3-7-22/h1-12,17-19,32H,13-16,20-21H2,(H2,31,34)(H,33,36). The Hall–Kier alpha value is -3.94. The number of benzene rings is 3. The van der Waals surface area contributed by atoms with E-state index in [-0.39, 0.29) is 5.91 Å². The number of nitrogens with one attached hydrogen (secondary N) is 2. The summed E-state index contributed by atoms with van der Waals surface area (Å²) in [4.78, 5) is 20.4. The van der Waals surface area contributed by atoms with Gasteiger partial charge < -0.3 is 21.3 Å². The molecule has 37 heavy (non-hydrogen) atoms. The van der Waals surface area contributed by atoms with Gasteiger partial charge in [-0.1, -0.05) is 48.5 Å². The third-order valence-corrected chi connectivity index (χ3v) is 7.26. The molecule has 5 rings (SSSR count). The highest BCUT2D eigenvalue weighted by Gasteiger charge is 2.19. The van der Waals surface area contributed by atoms with E-state index >= 15 is 0 Å². The van der Waals surface area contributed by atoms with Gasteiger partial charge in [0.05, 0.1) is 10.6 Å². The van der Waals surface area contributed by atoms with Gasteiger partial charge in [0.15, 0.2) is 0 Å². The van der Waals surface area contributed by atoms with Crippen molar-refractivity contribution >= 4 is 40.1 Å². The summed E-state index contributed by atoms with van der Waals surface area (Å²) in [5.74, 6) is 0.529. The molecule has 0 fully saturated rings. The highest BCUT2D eigenvalue weighted by atomic mass is 32.1. The Morgan fingerprint density at radius 2 is 1.84 bits per heavy atom. The zero-order valence-electron chi connectivity index (χ0n) is 20.7. The number of carbonyl (C=O) groups excluding carboxylic acids is 1. The van der Waals surface area contributed by atoms with Crippen LogP contribution in [-0.4, -0.2) is 24.8 Å². The smallest absolute Gasteiger partial charge is 0.225 e. The summed E-state index contributed by atoms with van der Waals surface area (Å²) in [6.45, 7) is 3.15. The molecule has 0 saturated heterocycles. The minimum Gasteiger partial charge on any atom is -0.383 e. The molecule has 1 aliphatic rings. The van der Waals surface area contributed by atoms with Crippen molar-refractivity contribution in [2.24, 2.45) is 10.7 Å². The van der Waals surface area contributed by atoms with Crippen molar-refractivity contribution in [1.29, 1.82) is 0 Å². The van der Waals surface area contributed by atoms with Crippen LogP contribution in [0.2, 0.25) is 0 Å². The number of rotatable bonds is 10. The minimum absolute atomic E-state index is 0.00802. The van der Waals surface area contributed by atoms with Crippen LogP contribution in [0, 0.1) is 0 Å². The summed E-state index contributed by atoms with van der Waals surface area (Å²) in [6.07, 6.45) is 1.40. The molecule has 0 spiro atoms. The fourth-order valence-electron chi connectivity index (χ4n) is 4.53. The van der Waals surface area contributed by atoms with E-state index in [1.807, 2.05) is 53.9 Å². The maximum Gasteiger partial charge on any atom is 0.225 e. The first-order valence-electron chi connectivity index (χ1n) is 12.5. The Labute approximate surface area is 221 Å². The number of nitrogens with two attached hydrogens (primary N) is 1. The van der Waals surface area contributed by atoms with E-state index in [9.17, 15) is 4.79 Å². The second kappa shape index (κ2) is 11.9. The molecule has 1 aliphatic heterocycles. The number of fused-ring (bicyclic) bond motifs is 1. The molecule has 1 amide bonds. The topological polar surface area (TPSA) is 82.7 Å². The molecule has 0 aliphatic carbocycles. The second-order valence-corrected chi connectivity index (χ2v) is 10.1. The summed E-state index contributed by atoms with van der Waals surface area (Å²) >= 11 is 1.57. The quantitative estimate of drug-likeness (QED) is 0.150. The van der Waals surface area contributed by atoms with Crippen LogP contribution in [0.4, 0.5) is 17.1 Å². The van der Waals surface area contributed by atoms with Gasteiger partial charge in [-0.15, -0.1) is 11.3 Å². The zero-order chi connectivity index (χ0) is 25.5. The third-order valence-electron chi connectivity index (χ3n) is 6.36. The van der Waals surface area contributed by atoms with Crippen LogP contribution in [0.1, 0.15) is 28.0 Å². The molecule has 0 unspecified atom stereocenters. The fourth-order valence-corrected chi connectivity index (χ4v) is 5.16. The van der Waals surface area contributed by atoms with Gasteiger partial charge in [-0.3, -0.25) is 4.79 Å². The van der Waals surface area contributed by atoms with Crippen LogP contribution in [0.5, 0.6) is 0 Å². The Bertz CT molecular complexity index is 1370. The van der Waals surface area contributed by atoms with Crippen molar-refractivity contribution in [2.45, 2.75) is 25.9 Å². The molecule has 7 heteroatoms. The summed E-state index contributed by atoms with van der Waals surface area (Å²) < 4.78 is 0. The van der Waals surface area contributed by atoms with Crippen LogP contribution < -0.4 is 21.3 Å². The van der Waals surface area contributed by atoms with Crippen LogP contribution in [0.15, 0.2) is 95.3 Å². The maximum absolute atomic E-state index is 12.5. The van der Waals surface area contributed by atoms with Crippen molar-refractivity contribution in [3.63, 3.8) is 0 Å². The maximum atomic E-state index is 12.5. The molecule has 4 N–H and O–H groups in total. The molecule has 1 aromatic heterocycles. The summed E-state index contributed by atoms with van der Waals surface area (Å²) in [7, 11) is 0. The van der Waals surface area contributed by atoms with Gasteiger partial charge in [0.1, 0.15) is 5.84 Å². The number of anilines is 2. The molecular weight excluding hydrogens is 478 g/mol. The lowest BCUT2D eigenvalue weighted by Gasteiger charge is -2.19. The normalized spacial score (nSPS) is 13.0. The lowest BCUT2D eigenvalue weighted by atomic mass is 10.1. The van der Waals surface area contributed by atoms with Crippen LogP contribution in [0.3, 0.4) is 0 Å². The predicted molar refractivity (Wildman–Crippen MR) is 154 cm³/mol. The van der Waals surface area contributed by atoms with Crippen LogP contribution in [-0.2, 0) is 24.3 Å². The monoisotopic (exact) mass is 509 g/mol. The first-order chi connectivity index (χ1) is 18.1. The van der Waals surface area contributed by atoms with E-state index in [0.717, 1.165) is 41.3 Å². The summed E-state index contributed by atoms with van der Waals surface area (Å²) in [5.41, 5.74) is 12.7. The van der Waals surface area contributed by atoms with E-state index in [2.05, 4.69) is 56.9 Å². The van der Waals surface area contributed by atoms with E-state index in [1.165, 1.54) is 16.8 Å². The zero-order valence-corrected chi connectivity index (χ0v) is 21.5. The molecule has 0 bridgehead atoms. The molecule has 6 nitrogen and oxygen atoms in total. The number of nitrogens with zero attached hydrogens (tertiary/aromatic N) is 2. The van der Waals surface area contributed by atoms with Gasteiger partial charge in [-0.25, -0.2) is 4.99 Å². The molecule has 3 aromatic carbocycles.